The highest BCUT2D eigenvalue weighted by Gasteiger charge is 2.26. The lowest BCUT2D eigenvalue weighted by Crippen LogP contribution is -2.29. The van der Waals surface area contributed by atoms with Gasteiger partial charge in [-0.25, -0.2) is 0 Å². The molecule has 5 heteroatoms. The van der Waals surface area contributed by atoms with Crippen molar-refractivity contribution in [1.29, 1.82) is 0 Å². The second kappa shape index (κ2) is 5.07. The van der Waals surface area contributed by atoms with Gasteiger partial charge in [0.15, 0.2) is 0 Å². The molecule has 0 aliphatic heterocycles. The van der Waals surface area contributed by atoms with E-state index in [1.165, 1.54) is 18.9 Å². The summed E-state index contributed by atoms with van der Waals surface area (Å²) in [5.41, 5.74) is 7.18. The molecule has 0 spiro atoms. The Balaban J connectivity index is 2.01. The highest BCUT2D eigenvalue weighted by atomic mass is 16.6. The van der Waals surface area contributed by atoms with Crippen LogP contribution in [-0.2, 0) is 0 Å². The second-order valence-corrected chi connectivity index (χ2v) is 6.11. The lowest BCUT2D eigenvalue weighted by atomic mass is 9.75. The molecule has 2 rings (SSSR count). The highest BCUT2D eigenvalue weighted by Crippen LogP contribution is 2.36. The van der Waals surface area contributed by atoms with Crippen molar-refractivity contribution in [3.8, 4) is 0 Å². The molecule has 0 amide bonds. The summed E-state index contributed by atoms with van der Waals surface area (Å²) in [6.07, 6.45) is 4.66. The largest absolute Gasteiger partial charge is 0.393 e. The molecule has 1 saturated carbocycles. The van der Waals surface area contributed by atoms with E-state index in [2.05, 4.69) is 19.2 Å². The number of benzene rings is 1. The predicted octanol–water partition coefficient (Wildman–Crippen LogP) is 3.56. The van der Waals surface area contributed by atoms with Crippen LogP contribution in [0.25, 0.3) is 0 Å². The first kappa shape index (κ1) is 13.6. The zero-order valence-corrected chi connectivity index (χ0v) is 11.5. The molecular weight excluding hydrogens is 242 g/mol. The summed E-state index contributed by atoms with van der Waals surface area (Å²) >= 11 is 0. The summed E-state index contributed by atoms with van der Waals surface area (Å²) in [7, 11) is 0. The number of nitro benzene ring substituents is 1. The monoisotopic (exact) mass is 263 g/mol. The Hall–Kier alpha value is -1.78. The van der Waals surface area contributed by atoms with Crippen LogP contribution >= 0.6 is 0 Å². The van der Waals surface area contributed by atoms with E-state index in [4.69, 9.17) is 5.73 Å². The van der Waals surface area contributed by atoms with Gasteiger partial charge in [-0.1, -0.05) is 13.8 Å². The van der Waals surface area contributed by atoms with Crippen molar-refractivity contribution >= 4 is 17.1 Å². The van der Waals surface area contributed by atoms with Crippen LogP contribution in [0.2, 0.25) is 0 Å². The molecule has 1 aliphatic carbocycles. The molecule has 19 heavy (non-hydrogen) atoms. The average molecular weight is 263 g/mol. The number of nitrogens with two attached hydrogens (primary N) is 1. The van der Waals surface area contributed by atoms with Crippen molar-refractivity contribution in [3.63, 3.8) is 0 Å². The van der Waals surface area contributed by atoms with Crippen LogP contribution in [0, 0.1) is 15.5 Å². The van der Waals surface area contributed by atoms with Crippen molar-refractivity contribution < 1.29 is 4.92 Å². The van der Waals surface area contributed by atoms with E-state index >= 15 is 0 Å². The van der Waals surface area contributed by atoms with Gasteiger partial charge in [0.05, 0.1) is 4.92 Å². The van der Waals surface area contributed by atoms with Gasteiger partial charge < -0.3 is 11.1 Å². The maximum absolute atomic E-state index is 10.7. The standard InChI is InChI=1S/C14H21N3O2/c1-14(2)7-5-10(6-8-14)16-11-3-4-13(17(18)19)12(15)9-11/h3-4,9-10,16H,5-8,15H2,1-2H3. The molecule has 0 atom stereocenters. The summed E-state index contributed by atoms with van der Waals surface area (Å²) < 4.78 is 0. The summed E-state index contributed by atoms with van der Waals surface area (Å²) in [6.45, 7) is 4.60. The number of nitrogens with zero attached hydrogens (tertiary/aromatic N) is 1. The predicted molar refractivity (Wildman–Crippen MR) is 77.2 cm³/mol. The van der Waals surface area contributed by atoms with Gasteiger partial charge in [-0.2, -0.15) is 0 Å². The first-order chi connectivity index (χ1) is 8.87. The highest BCUT2D eigenvalue weighted by molar-refractivity contribution is 5.66. The number of rotatable bonds is 3. The Labute approximate surface area is 113 Å². The molecule has 1 aromatic rings. The minimum atomic E-state index is -0.456. The Kier molecular flexibility index (Phi) is 3.64. The molecule has 0 unspecified atom stereocenters. The molecule has 0 radical (unpaired) electrons. The second-order valence-electron chi connectivity index (χ2n) is 6.11. The van der Waals surface area contributed by atoms with E-state index in [1.807, 2.05) is 0 Å². The number of nitrogen functional groups attached to an aromatic ring is 1. The fraction of sp³-hybridized carbons (Fsp3) is 0.571. The van der Waals surface area contributed by atoms with Gasteiger partial charge in [-0.15, -0.1) is 0 Å². The maximum atomic E-state index is 10.7. The Morgan fingerprint density at radius 3 is 2.53 bits per heavy atom. The van der Waals surface area contributed by atoms with Crippen molar-refractivity contribution in [1.82, 2.24) is 0 Å². The van der Waals surface area contributed by atoms with E-state index in [1.54, 1.807) is 12.1 Å². The summed E-state index contributed by atoms with van der Waals surface area (Å²) in [5.74, 6) is 0. The van der Waals surface area contributed by atoms with E-state index in [9.17, 15) is 10.1 Å². The summed E-state index contributed by atoms with van der Waals surface area (Å²) in [5, 5.41) is 14.1. The van der Waals surface area contributed by atoms with Crippen LogP contribution in [0.3, 0.4) is 0 Å². The van der Waals surface area contributed by atoms with Crippen molar-refractivity contribution in [2.75, 3.05) is 11.1 Å². The lowest BCUT2D eigenvalue weighted by molar-refractivity contribution is -0.383. The van der Waals surface area contributed by atoms with Gasteiger partial charge in [0.1, 0.15) is 5.69 Å². The van der Waals surface area contributed by atoms with E-state index < -0.39 is 4.92 Å². The van der Waals surface area contributed by atoms with Crippen LogP contribution in [-0.4, -0.2) is 11.0 Å². The van der Waals surface area contributed by atoms with Gasteiger partial charge in [0.2, 0.25) is 0 Å². The zero-order valence-electron chi connectivity index (χ0n) is 11.5. The van der Waals surface area contributed by atoms with Crippen molar-refractivity contribution in [3.05, 3.63) is 28.3 Å². The quantitative estimate of drug-likeness (QED) is 0.496. The number of hydrogen-bond donors (Lipinski definition) is 2. The Morgan fingerprint density at radius 2 is 2.00 bits per heavy atom. The maximum Gasteiger partial charge on any atom is 0.292 e. The summed E-state index contributed by atoms with van der Waals surface area (Å²) in [6, 6.07) is 5.28. The minimum absolute atomic E-state index is 0.0321. The van der Waals surface area contributed by atoms with Gasteiger partial charge >= 0.3 is 0 Å². The number of anilines is 2. The number of hydrogen-bond acceptors (Lipinski definition) is 4. The molecular formula is C14H21N3O2. The molecule has 0 bridgehead atoms. The number of nitro groups is 1. The topological polar surface area (TPSA) is 81.2 Å². The van der Waals surface area contributed by atoms with Crippen LogP contribution < -0.4 is 11.1 Å². The van der Waals surface area contributed by atoms with Gasteiger partial charge in [0.25, 0.3) is 5.69 Å². The van der Waals surface area contributed by atoms with Gasteiger partial charge in [-0.3, -0.25) is 10.1 Å². The third kappa shape index (κ3) is 3.36. The zero-order chi connectivity index (χ0) is 14.0. The smallest absolute Gasteiger partial charge is 0.292 e. The van der Waals surface area contributed by atoms with E-state index in [-0.39, 0.29) is 11.4 Å². The SMILES string of the molecule is CC1(C)CCC(Nc2ccc([N+](=O)[O-])c(N)c2)CC1. The molecule has 5 nitrogen and oxygen atoms in total. The van der Waals surface area contributed by atoms with Crippen LogP contribution in [0.4, 0.5) is 17.1 Å². The van der Waals surface area contributed by atoms with Gasteiger partial charge in [-0.05, 0) is 43.2 Å². The fourth-order valence-electron chi connectivity index (χ4n) is 2.59. The molecule has 3 N–H and O–H groups in total. The van der Waals surface area contributed by atoms with E-state index in [0.29, 0.717) is 11.5 Å². The summed E-state index contributed by atoms with van der Waals surface area (Å²) in [4.78, 5) is 10.2. The van der Waals surface area contributed by atoms with Crippen LogP contribution in [0.5, 0.6) is 0 Å². The third-order valence-corrected chi connectivity index (χ3v) is 3.93. The van der Waals surface area contributed by atoms with Gasteiger partial charge in [0, 0.05) is 17.8 Å². The fourth-order valence-corrected chi connectivity index (χ4v) is 2.59. The molecule has 0 saturated heterocycles. The minimum Gasteiger partial charge on any atom is -0.393 e. The first-order valence-corrected chi connectivity index (χ1v) is 6.68. The van der Waals surface area contributed by atoms with Crippen molar-refractivity contribution in [2.45, 2.75) is 45.6 Å². The first-order valence-electron chi connectivity index (χ1n) is 6.68. The number of nitrogens with one attached hydrogen (secondary N) is 1. The molecule has 0 heterocycles. The molecule has 0 aromatic heterocycles. The van der Waals surface area contributed by atoms with Crippen molar-refractivity contribution in [2.24, 2.45) is 5.41 Å². The average Bonchev–Trinajstić information content (AvgIpc) is 2.31. The Morgan fingerprint density at radius 1 is 1.37 bits per heavy atom. The van der Waals surface area contributed by atoms with Crippen LogP contribution in [0.1, 0.15) is 39.5 Å². The molecule has 1 aromatic carbocycles. The van der Waals surface area contributed by atoms with Crippen LogP contribution in [0.15, 0.2) is 18.2 Å². The molecule has 1 fully saturated rings. The third-order valence-electron chi connectivity index (χ3n) is 3.93. The molecule has 1 aliphatic rings. The Bertz CT molecular complexity index is 476. The van der Waals surface area contributed by atoms with E-state index in [0.717, 1.165) is 18.5 Å². The normalized spacial score (nSPS) is 19.1. The molecule has 104 valence electrons. The lowest BCUT2D eigenvalue weighted by Gasteiger charge is -2.35.